The van der Waals surface area contributed by atoms with Gasteiger partial charge in [0.1, 0.15) is 5.75 Å². The van der Waals surface area contributed by atoms with Crippen molar-refractivity contribution in [2.45, 2.75) is 46.2 Å². The number of amides is 1. The zero-order chi connectivity index (χ0) is 19.9. The maximum Gasteiger partial charge on any atom is 0.418 e. The van der Waals surface area contributed by atoms with Gasteiger partial charge in [-0.1, -0.05) is 44.5 Å². The molecule has 0 atom stereocenters. The highest BCUT2D eigenvalue weighted by Crippen LogP contribution is 2.38. The van der Waals surface area contributed by atoms with E-state index in [1.807, 2.05) is 20.8 Å². The number of anilines is 1. The highest BCUT2D eigenvalue weighted by atomic mass is 19.4. The average molecular weight is 365 g/mol. The molecule has 0 saturated heterocycles. The SMILES string of the molecule is Cc1ccc(NC(=O)c2c(C)ccc(C(C)(C)C)c2O)c(C(F)(F)F)c1. The summed E-state index contributed by atoms with van der Waals surface area (Å²) in [6, 6.07) is 7.08. The summed E-state index contributed by atoms with van der Waals surface area (Å²) in [6.45, 7) is 8.80. The number of aryl methyl sites for hydroxylation is 2. The molecule has 0 aromatic heterocycles. The van der Waals surface area contributed by atoms with Gasteiger partial charge in [-0.05, 0) is 37.0 Å². The number of nitrogens with one attached hydrogen (secondary N) is 1. The molecule has 0 aliphatic rings. The smallest absolute Gasteiger partial charge is 0.418 e. The van der Waals surface area contributed by atoms with Crippen molar-refractivity contribution in [2.75, 3.05) is 5.32 Å². The van der Waals surface area contributed by atoms with Crippen LogP contribution in [0, 0.1) is 13.8 Å². The lowest BCUT2D eigenvalue weighted by Gasteiger charge is -2.23. The predicted octanol–water partition coefficient (Wildman–Crippen LogP) is 5.58. The van der Waals surface area contributed by atoms with E-state index in [-0.39, 0.29) is 17.0 Å². The first-order valence-electron chi connectivity index (χ1n) is 8.14. The van der Waals surface area contributed by atoms with Crippen LogP contribution in [0.3, 0.4) is 0 Å². The fourth-order valence-corrected chi connectivity index (χ4v) is 2.77. The highest BCUT2D eigenvalue weighted by molar-refractivity contribution is 6.07. The minimum absolute atomic E-state index is 0.0221. The summed E-state index contributed by atoms with van der Waals surface area (Å²) in [7, 11) is 0. The van der Waals surface area contributed by atoms with Crippen LogP contribution in [0.4, 0.5) is 18.9 Å². The number of benzene rings is 2. The predicted molar refractivity (Wildman–Crippen MR) is 95.7 cm³/mol. The maximum atomic E-state index is 13.3. The fraction of sp³-hybridized carbons (Fsp3) is 0.350. The molecule has 0 aliphatic carbocycles. The summed E-state index contributed by atoms with van der Waals surface area (Å²) in [5.41, 5.74) is -0.242. The van der Waals surface area contributed by atoms with Crippen molar-refractivity contribution in [2.24, 2.45) is 0 Å². The van der Waals surface area contributed by atoms with Gasteiger partial charge in [-0.25, -0.2) is 0 Å². The number of aromatic hydroxyl groups is 1. The summed E-state index contributed by atoms with van der Waals surface area (Å²) < 4.78 is 39.8. The Morgan fingerprint density at radius 3 is 2.15 bits per heavy atom. The number of alkyl halides is 3. The van der Waals surface area contributed by atoms with Crippen LogP contribution in [0.1, 0.15) is 53.4 Å². The molecular weight excluding hydrogens is 343 g/mol. The molecule has 2 N–H and O–H groups in total. The Morgan fingerprint density at radius 2 is 1.62 bits per heavy atom. The lowest BCUT2D eigenvalue weighted by Crippen LogP contribution is -2.20. The van der Waals surface area contributed by atoms with E-state index < -0.39 is 23.1 Å². The number of rotatable bonds is 2. The first-order valence-corrected chi connectivity index (χ1v) is 8.14. The van der Waals surface area contributed by atoms with Crippen molar-refractivity contribution < 1.29 is 23.1 Å². The third-order valence-electron chi connectivity index (χ3n) is 4.15. The topological polar surface area (TPSA) is 49.3 Å². The lowest BCUT2D eigenvalue weighted by molar-refractivity contribution is -0.136. The molecule has 0 radical (unpaired) electrons. The average Bonchev–Trinajstić information content (AvgIpc) is 2.46. The minimum Gasteiger partial charge on any atom is -0.507 e. The molecule has 0 aliphatic heterocycles. The van der Waals surface area contributed by atoms with Gasteiger partial charge >= 0.3 is 6.18 Å². The number of phenols is 1. The Hall–Kier alpha value is -2.50. The summed E-state index contributed by atoms with van der Waals surface area (Å²) in [5.74, 6) is -0.990. The molecule has 0 spiro atoms. The summed E-state index contributed by atoms with van der Waals surface area (Å²) in [5, 5.41) is 12.8. The molecule has 26 heavy (non-hydrogen) atoms. The standard InChI is InChI=1S/C20H22F3NO2/c1-11-6-9-15(14(10-11)20(21,22)23)24-18(26)16-12(2)7-8-13(17(16)25)19(3,4)5/h6-10,25H,1-5H3,(H,24,26). The molecule has 0 bridgehead atoms. The van der Waals surface area contributed by atoms with E-state index in [0.717, 1.165) is 6.07 Å². The van der Waals surface area contributed by atoms with Gasteiger partial charge in [0.2, 0.25) is 0 Å². The van der Waals surface area contributed by atoms with E-state index >= 15 is 0 Å². The van der Waals surface area contributed by atoms with Gasteiger partial charge < -0.3 is 10.4 Å². The van der Waals surface area contributed by atoms with E-state index in [9.17, 15) is 23.1 Å². The quantitative estimate of drug-likeness (QED) is 0.730. The van der Waals surface area contributed by atoms with Gasteiger partial charge in [0, 0.05) is 5.56 Å². The van der Waals surface area contributed by atoms with Crippen LogP contribution in [0.15, 0.2) is 30.3 Å². The number of hydrogen-bond donors (Lipinski definition) is 2. The Morgan fingerprint density at radius 1 is 1.00 bits per heavy atom. The Balaban J connectivity index is 2.50. The van der Waals surface area contributed by atoms with Crippen LogP contribution in [0.2, 0.25) is 0 Å². The molecule has 2 aromatic rings. The van der Waals surface area contributed by atoms with E-state index in [1.54, 1.807) is 26.0 Å². The molecule has 140 valence electrons. The Bertz CT molecular complexity index is 849. The van der Waals surface area contributed by atoms with Gasteiger partial charge in [-0.15, -0.1) is 0 Å². The van der Waals surface area contributed by atoms with Crippen molar-refractivity contribution in [1.82, 2.24) is 0 Å². The third kappa shape index (κ3) is 4.00. The molecule has 1 amide bonds. The monoisotopic (exact) mass is 365 g/mol. The van der Waals surface area contributed by atoms with Gasteiger partial charge in [0.05, 0.1) is 16.8 Å². The molecule has 0 saturated carbocycles. The van der Waals surface area contributed by atoms with E-state index in [4.69, 9.17) is 0 Å². The number of carbonyl (C=O) groups excluding carboxylic acids is 1. The molecular formula is C20H22F3NO2. The molecule has 0 unspecified atom stereocenters. The van der Waals surface area contributed by atoms with Crippen LogP contribution in [-0.4, -0.2) is 11.0 Å². The van der Waals surface area contributed by atoms with Gasteiger partial charge in [0.25, 0.3) is 5.91 Å². The summed E-state index contributed by atoms with van der Waals surface area (Å²) >= 11 is 0. The van der Waals surface area contributed by atoms with Crippen molar-refractivity contribution >= 4 is 11.6 Å². The second kappa shape index (κ2) is 6.67. The number of carbonyl (C=O) groups is 1. The largest absolute Gasteiger partial charge is 0.507 e. The van der Waals surface area contributed by atoms with Crippen LogP contribution in [0.5, 0.6) is 5.75 Å². The molecule has 6 heteroatoms. The van der Waals surface area contributed by atoms with E-state index in [1.165, 1.54) is 12.1 Å². The maximum absolute atomic E-state index is 13.3. The lowest BCUT2D eigenvalue weighted by atomic mass is 9.84. The van der Waals surface area contributed by atoms with Gasteiger partial charge in [0.15, 0.2) is 0 Å². The van der Waals surface area contributed by atoms with Crippen molar-refractivity contribution in [3.63, 3.8) is 0 Å². The Kier molecular flexibility index (Phi) is 5.08. The minimum atomic E-state index is -4.60. The number of halogens is 3. The van der Waals surface area contributed by atoms with E-state index in [2.05, 4.69) is 5.32 Å². The van der Waals surface area contributed by atoms with Crippen LogP contribution >= 0.6 is 0 Å². The first-order chi connectivity index (χ1) is 11.8. The van der Waals surface area contributed by atoms with Crippen LogP contribution in [-0.2, 0) is 11.6 Å². The van der Waals surface area contributed by atoms with Crippen LogP contribution in [0.25, 0.3) is 0 Å². The number of hydrogen-bond acceptors (Lipinski definition) is 2. The molecule has 3 nitrogen and oxygen atoms in total. The van der Waals surface area contributed by atoms with Gasteiger partial charge in [-0.3, -0.25) is 4.79 Å². The zero-order valence-corrected chi connectivity index (χ0v) is 15.4. The number of phenolic OH excluding ortho intramolecular Hbond substituents is 1. The highest BCUT2D eigenvalue weighted by Gasteiger charge is 2.34. The van der Waals surface area contributed by atoms with Crippen molar-refractivity contribution in [3.8, 4) is 5.75 Å². The van der Waals surface area contributed by atoms with Crippen LogP contribution < -0.4 is 5.32 Å². The second-order valence-electron chi connectivity index (χ2n) is 7.40. The normalized spacial score (nSPS) is 12.2. The van der Waals surface area contributed by atoms with Crippen molar-refractivity contribution in [1.29, 1.82) is 0 Å². The summed E-state index contributed by atoms with van der Waals surface area (Å²) in [4.78, 5) is 12.7. The van der Waals surface area contributed by atoms with E-state index in [0.29, 0.717) is 16.7 Å². The molecule has 2 rings (SSSR count). The molecule has 2 aromatic carbocycles. The Labute approximate surface area is 150 Å². The first kappa shape index (κ1) is 19.8. The third-order valence-corrected chi connectivity index (χ3v) is 4.15. The van der Waals surface area contributed by atoms with Gasteiger partial charge in [-0.2, -0.15) is 13.2 Å². The second-order valence-corrected chi connectivity index (χ2v) is 7.40. The zero-order valence-electron chi connectivity index (χ0n) is 15.4. The fourth-order valence-electron chi connectivity index (χ4n) is 2.77. The summed E-state index contributed by atoms with van der Waals surface area (Å²) in [6.07, 6.45) is -4.60. The van der Waals surface area contributed by atoms with Crippen molar-refractivity contribution in [3.05, 3.63) is 58.1 Å². The molecule has 0 fully saturated rings. The molecule has 0 heterocycles.